The summed E-state index contributed by atoms with van der Waals surface area (Å²) in [6, 6.07) is 17.8. The van der Waals surface area contributed by atoms with Crippen molar-refractivity contribution < 1.29 is 18.4 Å². The monoisotopic (exact) mass is 457 g/mol. The van der Waals surface area contributed by atoms with Crippen LogP contribution in [0, 0.1) is 13.8 Å². The Bertz CT molecular complexity index is 1530. The molecule has 0 aliphatic carbocycles. The van der Waals surface area contributed by atoms with E-state index in [1.807, 2.05) is 38.1 Å². The molecule has 0 bridgehead atoms. The van der Waals surface area contributed by atoms with Crippen molar-refractivity contribution in [2.75, 3.05) is 5.32 Å². The predicted molar refractivity (Wildman–Crippen MR) is 129 cm³/mol. The highest BCUT2D eigenvalue weighted by atomic mass is 35.5. The number of carbonyl (C=O) groups excluding carboxylic acids is 2. The third-order valence-electron chi connectivity index (χ3n) is 5.62. The van der Waals surface area contributed by atoms with Crippen LogP contribution >= 0.6 is 11.6 Å². The minimum atomic E-state index is -0.335. The second-order valence-electron chi connectivity index (χ2n) is 8.08. The van der Waals surface area contributed by atoms with E-state index in [0.717, 1.165) is 27.7 Å². The molecule has 0 aliphatic heterocycles. The van der Waals surface area contributed by atoms with Crippen molar-refractivity contribution in [1.29, 1.82) is 0 Å². The van der Waals surface area contributed by atoms with Crippen LogP contribution in [0.2, 0.25) is 5.02 Å². The highest BCUT2D eigenvalue weighted by Gasteiger charge is 2.24. The van der Waals surface area contributed by atoms with E-state index in [-0.39, 0.29) is 23.9 Å². The average Bonchev–Trinajstić information content (AvgIpc) is 3.35. The molecule has 5 rings (SSSR count). The molecule has 0 radical (unpaired) electrons. The Morgan fingerprint density at radius 3 is 2.52 bits per heavy atom. The lowest BCUT2D eigenvalue weighted by Gasteiger charge is -2.07. The summed E-state index contributed by atoms with van der Waals surface area (Å²) >= 11 is 5.96. The number of hydrogen-bond acceptors (Lipinski definition) is 4. The van der Waals surface area contributed by atoms with Gasteiger partial charge in [0, 0.05) is 26.9 Å². The van der Waals surface area contributed by atoms with Gasteiger partial charge in [0.25, 0.3) is 0 Å². The van der Waals surface area contributed by atoms with E-state index >= 15 is 0 Å². The first kappa shape index (κ1) is 21.0. The summed E-state index contributed by atoms with van der Waals surface area (Å²) in [4.78, 5) is 26.3. The van der Waals surface area contributed by atoms with Crippen molar-refractivity contribution in [2.45, 2.75) is 20.3 Å². The number of hydrogen-bond donors (Lipinski definition) is 1. The number of benzene rings is 3. The van der Waals surface area contributed by atoms with Crippen molar-refractivity contribution >= 4 is 50.9 Å². The number of aryl methyl sites for hydroxylation is 2. The number of ketones is 1. The maximum absolute atomic E-state index is 13.2. The molecule has 0 aliphatic rings. The van der Waals surface area contributed by atoms with Gasteiger partial charge in [-0.25, -0.2) is 0 Å². The van der Waals surface area contributed by atoms with Crippen LogP contribution in [0.3, 0.4) is 0 Å². The maximum atomic E-state index is 13.2. The standard InChI is InChI=1S/C27H20ClNO4/c1-15-11-16(2)24-18(14-32-22(24)12-15)13-23(30)29-25-20-5-3-4-6-21(20)33-27(25)26(31)17-7-9-19(28)10-8-17/h3-12,14H,13H2,1-2H3,(H,29,30). The molecule has 6 heteroatoms. The topological polar surface area (TPSA) is 72.5 Å². The fourth-order valence-corrected chi connectivity index (χ4v) is 4.30. The SMILES string of the molecule is Cc1cc(C)c2c(CC(=O)Nc3c(C(=O)c4ccc(Cl)cc4)oc4ccccc34)coc2c1. The van der Waals surface area contributed by atoms with Gasteiger partial charge in [-0.05, 0) is 67.4 Å². The van der Waals surface area contributed by atoms with Gasteiger partial charge < -0.3 is 14.2 Å². The van der Waals surface area contributed by atoms with Crippen LogP contribution in [0.1, 0.15) is 32.8 Å². The molecule has 0 spiro atoms. The van der Waals surface area contributed by atoms with E-state index in [2.05, 4.69) is 11.4 Å². The minimum Gasteiger partial charge on any atom is -0.464 e. The van der Waals surface area contributed by atoms with E-state index in [1.54, 1.807) is 36.6 Å². The molecule has 0 saturated carbocycles. The Hall–Kier alpha value is -3.83. The zero-order valence-corrected chi connectivity index (χ0v) is 18.8. The Kier molecular flexibility index (Phi) is 5.27. The number of carbonyl (C=O) groups is 2. The number of rotatable bonds is 5. The smallest absolute Gasteiger partial charge is 0.230 e. The van der Waals surface area contributed by atoms with E-state index in [1.165, 1.54) is 0 Å². The summed E-state index contributed by atoms with van der Waals surface area (Å²) in [5, 5.41) is 5.03. The molecule has 0 atom stereocenters. The van der Waals surface area contributed by atoms with Gasteiger partial charge in [-0.3, -0.25) is 9.59 Å². The number of furan rings is 2. The largest absolute Gasteiger partial charge is 0.464 e. The molecule has 5 nitrogen and oxygen atoms in total. The predicted octanol–water partition coefficient (Wildman–Crippen LogP) is 6.86. The van der Waals surface area contributed by atoms with Crippen molar-refractivity contribution in [1.82, 2.24) is 0 Å². The molecule has 1 amide bonds. The lowest BCUT2D eigenvalue weighted by molar-refractivity contribution is -0.115. The van der Waals surface area contributed by atoms with Gasteiger partial charge in [0.2, 0.25) is 11.7 Å². The van der Waals surface area contributed by atoms with Gasteiger partial charge in [0.05, 0.1) is 18.4 Å². The van der Waals surface area contributed by atoms with Gasteiger partial charge in [-0.1, -0.05) is 29.8 Å². The lowest BCUT2D eigenvalue weighted by Crippen LogP contribution is -2.16. The Morgan fingerprint density at radius 1 is 0.970 bits per heavy atom. The number of amides is 1. The van der Waals surface area contributed by atoms with Crippen molar-refractivity contribution in [2.24, 2.45) is 0 Å². The molecular weight excluding hydrogens is 438 g/mol. The van der Waals surface area contributed by atoms with Gasteiger partial charge in [0.15, 0.2) is 5.76 Å². The molecule has 164 valence electrons. The second-order valence-corrected chi connectivity index (χ2v) is 8.52. The normalized spacial score (nSPS) is 11.2. The van der Waals surface area contributed by atoms with E-state index in [0.29, 0.717) is 27.2 Å². The summed E-state index contributed by atoms with van der Waals surface area (Å²) in [5.41, 5.74) is 4.98. The van der Waals surface area contributed by atoms with E-state index in [9.17, 15) is 9.59 Å². The quantitative estimate of drug-likeness (QED) is 0.292. The van der Waals surface area contributed by atoms with Crippen LogP contribution < -0.4 is 5.32 Å². The molecule has 2 aromatic heterocycles. The molecule has 2 heterocycles. The lowest BCUT2D eigenvalue weighted by atomic mass is 10.0. The fourth-order valence-electron chi connectivity index (χ4n) is 4.18. The third kappa shape index (κ3) is 3.92. The molecule has 0 saturated heterocycles. The van der Waals surface area contributed by atoms with Crippen molar-refractivity contribution in [3.8, 4) is 0 Å². The van der Waals surface area contributed by atoms with Crippen LogP contribution in [0.25, 0.3) is 21.9 Å². The van der Waals surface area contributed by atoms with E-state index < -0.39 is 0 Å². The first-order valence-corrected chi connectivity index (χ1v) is 10.9. The molecule has 5 aromatic rings. The Labute approximate surface area is 194 Å². The van der Waals surface area contributed by atoms with Gasteiger partial charge in [0.1, 0.15) is 11.2 Å². The highest BCUT2D eigenvalue weighted by Crippen LogP contribution is 2.33. The third-order valence-corrected chi connectivity index (χ3v) is 5.87. The highest BCUT2D eigenvalue weighted by molar-refractivity contribution is 6.30. The molecule has 1 N–H and O–H groups in total. The summed E-state index contributed by atoms with van der Waals surface area (Å²) in [6.45, 7) is 4.00. The summed E-state index contributed by atoms with van der Waals surface area (Å²) in [6.07, 6.45) is 1.72. The number of anilines is 1. The van der Waals surface area contributed by atoms with Crippen molar-refractivity contribution in [3.63, 3.8) is 0 Å². The Balaban J connectivity index is 1.50. The molecule has 33 heavy (non-hydrogen) atoms. The summed E-state index contributed by atoms with van der Waals surface area (Å²) in [5.74, 6) is -0.525. The van der Waals surface area contributed by atoms with Gasteiger partial charge in [-0.15, -0.1) is 0 Å². The zero-order chi connectivity index (χ0) is 23.1. The number of nitrogens with one attached hydrogen (secondary N) is 1. The van der Waals surface area contributed by atoms with Gasteiger partial charge in [-0.2, -0.15) is 0 Å². The summed E-state index contributed by atoms with van der Waals surface area (Å²) in [7, 11) is 0. The number of halogens is 1. The molecule has 0 unspecified atom stereocenters. The van der Waals surface area contributed by atoms with Crippen molar-refractivity contribution in [3.05, 3.63) is 100.0 Å². The first-order valence-electron chi connectivity index (χ1n) is 10.5. The zero-order valence-electron chi connectivity index (χ0n) is 18.1. The minimum absolute atomic E-state index is 0.0794. The van der Waals surface area contributed by atoms with Crippen LogP contribution in [-0.4, -0.2) is 11.7 Å². The van der Waals surface area contributed by atoms with Gasteiger partial charge >= 0.3 is 0 Å². The van der Waals surface area contributed by atoms with Crippen LogP contribution in [0.5, 0.6) is 0 Å². The van der Waals surface area contributed by atoms with Crippen LogP contribution in [0.4, 0.5) is 5.69 Å². The second kappa shape index (κ2) is 8.26. The van der Waals surface area contributed by atoms with Crippen LogP contribution in [-0.2, 0) is 11.2 Å². The summed E-state index contributed by atoms with van der Waals surface area (Å²) < 4.78 is 11.6. The van der Waals surface area contributed by atoms with E-state index in [4.69, 9.17) is 20.4 Å². The first-order chi connectivity index (χ1) is 15.9. The van der Waals surface area contributed by atoms with Crippen LogP contribution in [0.15, 0.2) is 75.8 Å². The molecule has 0 fully saturated rings. The Morgan fingerprint density at radius 2 is 1.73 bits per heavy atom. The molecular formula is C27H20ClNO4. The fraction of sp³-hybridized carbons (Fsp3) is 0.111. The number of fused-ring (bicyclic) bond motifs is 2. The number of para-hydroxylation sites is 1. The molecule has 3 aromatic carbocycles. The average molecular weight is 458 g/mol. The maximum Gasteiger partial charge on any atom is 0.230 e.